The zero-order chi connectivity index (χ0) is 12.4. The van der Waals surface area contributed by atoms with Crippen molar-refractivity contribution in [2.24, 2.45) is 11.7 Å². The van der Waals surface area contributed by atoms with Gasteiger partial charge in [0.1, 0.15) is 0 Å². The predicted molar refractivity (Wildman–Crippen MR) is 73.1 cm³/mol. The van der Waals surface area contributed by atoms with Crippen LogP contribution in [0.25, 0.3) is 0 Å². The smallest absolute Gasteiger partial charge is 0.0348 e. The van der Waals surface area contributed by atoms with E-state index in [1.54, 1.807) is 0 Å². The first kappa shape index (κ1) is 12.6. The van der Waals surface area contributed by atoms with Gasteiger partial charge in [0.25, 0.3) is 0 Å². The van der Waals surface area contributed by atoms with Gasteiger partial charge in [-0.25, -0.2) is 0 Å². The highest BCUT2D eigenvalue weighted by atomic mass is 15.2. The molecule has 1 aliphatic rings. The fourth-order valence-corrected chi connectivity index (χ4v) is 2.79. The van der Waals surface area contributed by atoms with Gasteiger partial charge >= 0.3 is 0 Å². The van der Waals surface area contributed by atoms with Gasteiger partial charge in [0.15, 0.2) is 0 Å². The van der Waals surface area contributed by atoms with E-state index in [0.29, 0.717) is 17.9 Å². The highest BCUT2D eigenvalue weighted by molar-refractivity contribution is 5.28. The Kier molecular flexibility index (Phi) is 3.85. The molecule has 0 radical (unpaired) electrons. The second-order valence-corrected chi connectivity index (χ2v) is 5.62. The summed E-state index contributed by atoms with van der Waals surface area (Å²) >= 11 is 0. The molecule has 2 rings (SSSR count). The fraction of sp³-hybridized carbons (Fsp3) is 0.600. The molecular formula is C15H24N2. The van der Waals surface area contributed by atoms with E-state index in [9.17, 15) is 0 Å². The molecule has 2 nitrogen and oxygen atoms in total. The summed E-state index contributed by atoms with van der Waals surface area (Å²) in [5.41, 5.74) is 8.68. The average molecular weight is 232 g/mol. The standard InChI is InChI=1S/C15H24N2/c1-11(2)13-5-4-6-14(8-13)15-7-12(9-16)10-17(15)3/h4-6,8,11-12,15H,7,9-10,16H2,1-3H3. The number of likely N-dealkylation sites (tertiary alicyclic amines) is 1. The van der Waals surface area contributed by atoms with Crippen molar-refractivity contribution in [3.63, 3.8) is 0 Å². The Hall–Kier alpha value is -0.860. The van der Waals surface area contributed by atoms with Crippen LogP contribution in [-0.2, 0) is 0 Å². The SMILES string of the molecule is CC(C)c1cccc(C2CC(CN)CN2C)c1. The van der Waals surface area contributed by atoms with Crippen molar-refractivity contribution in [3.8, 4) is 0 Å². The molecule has 2 heteroatoms. The van der Waals surface area contributed by atoms with Gasteiger partial charge in [0.2, 0.25) is 0 Å². The molecule has 1 saturated heterocycles. The monoisotopic (exact) mass is 232 g/mol. The summed E-state index contributed by atoms with van der Waals surface area (Å²) in [6, 6.07) is 9.59. The Morgan fingerprint density at radius 3 is 2.76 bits per heavy atom. The molecule has 1 aromatic carbocycles. The molecule has 94 valence electrons. The van der Waals surface area contributed by atoms with Gasteiger partial charge in [-0.1, -0.05) is 38.1 Å². The van der Waals surface area contributed by atoms with Crippen molar-refractivity contribution in [3.05, 3.63) is 35.4 Å². The summed E-state index contributed by atoms with van der Waals surface area (Å²) in [5.74, 6) is 1.26. The lowest BCUT2D eigenvalue weighted by molar-refractivity contribution is 0.313. The van der Waals surface area contributed by atoms with Crippen molar-refractivity contribution in [2.45, 2.75) is 32.2 Å². The van der Waals surface area contributed by atoms with E-state index in [0.717, 1.165) is 13.1 Å². The zero-order valence-electron chi connectivity index (χ0n) is 11.2. The minimum absolute atomic E-state index is 0.558. The summed E-state index contributed by atoms with van der Waals surface area (Å²) in [5, 5.41) is 0. The number of benzene rings is 1. The summed E-state index contributed by atoms with van der Waals surface area (Å²) in [6.07, 6.45) is 1.20. The first-order chi connectivity index (χ1) is 8.11. The molecule has 0 saturated carbocycles. The molecule has 1 fully saturated rings. The highest BCUT2D eigenvalue weighted by Gasteiger charge is 2.29. The van der Waals surface area contributed by atoms with E-state index in [1.165, 1.54) is 17.5 Å². The molecular weight excluding hydrogens is 208 g/mol. The van der Waals surface area contributed by atoms with E-state index in [2.05, 4.69) is 50.1 Å². The minimum Gasteiger partial charge on any atom is -0.330 e. The van der Waals surface area contributed by atoms with Crippen molar-refractivity contribution in [1.29, 1.82) is 0 Å². The lowest BCUT2D eigenvalue weighted by Gasteiger charge is -2.20. The first-order valence-corrected chi connectivity index (χ1v) is 6.62. The molecule has 0 bridgehead atoms. The Morgan fingerprint density at radius 2 is 2.18 bits per heavy atom. The number of hydrogen-bond acceptors (Lipinski definition) is 2. The zero-order valence-corrected chi connectivity index (χ0v) is 11.2. The molecule has 0 spiro atoms. The predicted octanol–water partition coefficient (Wildman–Crippen LogP) is 2.76. The van der Waals surface area contributed by atoms with E-state index in [-0.39, 0.29) is 0 Å². The summed E-state index contributed by atoms with van der Waals surface area (Å²) in [4.78, 5) is 2.44. The van der Waals surface area contributed by atoms with Crippen LogP contribution in [0.1, 0.15) is 43.4 Å². The van der Waals surface area contributed by atoms with Crippen LogP contribution >= 0.6 is 0 Å². The van der Waals surface area contributed by atoms with Crippen LogP contribution in [0.3, 0.4) is 0 Å². The maximum atomic E-state index is 5.79. The third-order valence-electron chi connectivity index (χ3n) is 3.93. The quantitative estimate of drug-likeness (QED) is 0.868. The molecule has 1 aromatic rings. The van der Waals surface area contributed by atoms with Gasteiger partial charge < -0.3 is 5.73 Å². The van der Waals surface area contributed by atoms with Crippen molar-refractivity contribution < 1.29 is 0 Å². The van der Waals surface area contributed by atoms with Crippen molar-refractivity contribution >= 4 is 0 Å². The normalized spacial score (nSPS) is 25.7. The Morgan fingerprint density at radius 1 is 1.41 bits per heavy atom. The Labute approximate surface area is 105 Å². The molecule has 0 amide bonds. The van der Waals surface area contributed by atoms with Crippen LogP contribution in [0.2, 0.25) is 0 Å². The van der Waals surface area contributed by atoms with Crippen LogP contribution in [0, 0.1) is 5.92 Å². The lowest BCUT2D eigenvalue weighted by Crippen LogP contribution is -2.20. The van der Waals surface area contributed by atoms with Gasteiger partial charge in [0.05, 0.1) is 0 Å². The van der Waals surface area contributed by atoms with Gasteiger partial charge in [-0.15, -0.1) is 0 Å². The molecule has 2 atom stereocenters. The second-order valence-electron chi connectivity index (χ2n) is 5.62. The Balaban J connectivity index is 2.19. The molecule has 0 aromatic heterocycles. The number of rotatable bonds is 3. The molecule has 2 N–H and O–H groups in total. The van der Waals surface area contributed by atoms with E-state index in [4.69, 9.17) is 5.73 Å². The van der Waals surface area contributed by atoms with E-state index < -0.39 is 0 Å². The second kappa shape index (κ2) is 5.19. The van der Waals surface area contributed by atoms with Crippen LogP contribution < -0.4 is 5.73 Å². The van der Waals surface area contributed by atoms with E-state index >= 15 is 0 Å². The topological polar surface area (TPSA) is 29.3 Å². The van der Waals surface area contributed by atoms with Gasteiger partial charge in [-0.2, -0.15) is 0 Å². The maximum Gasteiger partial charge on any atom is 0.0348 e. The Bertz CT molecular complexity index is 373. The largest absolute Gasteiger partial charge is 0.330 e. The van der Waals surface area contributed by atoms with Gasteiger partial charge in [-0.3, -0.25) is 4.90 Å². The molecule has 1 aliphatic heterocycles. The molecule has 0 aliphatic carbocycles. The molecule has 17 heavy (non-hydrogen) atoms. The van der Waals surface area contributed by atoms with Gasteiger partial charge in [0, 0.05) is 12.6 Å². The third kappa shape index (κ3) is 2.70. The molecule has 2 unspecified atom stereocenters. The maximum absolute atomic E-state index is 5.79. The lowest BCUT2D eigenvalue weighted by atomic mass is 9.95. The van der Waals surface area contributed by atoms with Crippen LogP contribution in [0.5, 0.6) is 0 Å². The number of nitrogens with zero attached hydrogens (tertiary/aromatic N) is 1. The molecule has 1 heterocycles. The summed E-state index contributed by atoms with van der Waals surface area (Å²) in [7, 11) is 2.21. The van der Waals surface area contributed by atoms with Crippen LogP contribution in [0.15, 0.2) is 24.3 Å². The summed E-state index contributed by atoms with van der Waals surface area (Å²) < 4.78 is 0. The van der Waals surface area contributed by atoms with E-state index in [1.807, 2.05) is 0 Å². The fourth-order valence-electron chi connectivity index (χ4n) is 2.79. The van der Waals surface area contributed by atoms with Crippen molar-refractivity contribution in [2.75, 3.05) is 20.1 Å². The number of nitrogens with two attached hydrogens (primary N) is 1. The summed E-state index contributed by atoms with van der Waals surface area (Å²) in [6.45, 7) is 6.44. The minimum atomic E-state index is 0.558. The highest BCUT2D eigenvalue weighted by Crippen LogP contribution is 2.34. The van der Waals surface area contributed by atoms with Crippen molar-refractivity contribution in [1.82, 2.24) is 4.90 Å². The first-order valence-electron chi connectivity index (χ1n) is 6.62. The van der Waals surface area contributed by atoms with Gasteiger partial charge in [-0.05, 0) is 43.0 Å². The number of hydrogen-bond donors (Lipinski definition) is 1. The average Bonchev–Trinajstić information content (AvgIpc) is 2.71. The van der Waals surface area contributed by atoms with Crippen LogP contribution in [0.4, 0.5) is 0 Å². The van der Waals surface area contributed by atoms with Crippen LogP contribution in [-0.4, -0.2) is 25.0 Å². The third-order valence-corrected chi connectivity index (χ3v) is 3.93.